The zero-order valence-electron chi connectivity index (χ0n) is 11.1. The maximum Gasteiger partial charge on any atom is 0.124 e. The molecule has 2 N–H and O–H groups in total. The fraction of sp³-hybridized carbons (Fsp3) is 0.600. The summed E-state index contributed by atoms with van der Waals surface area (Å²) in [6, 6.07) is 8.20. The summed E-state index contributed by atoms with van der Waals surface area (Å²) in [6.45, 7) is 5.01. The molecule has 1 aromatic carbocycles. The van der Waals surface area contributed by atoms with Crippen LogP contribution in [0.1, 0.15) is 44.7 Å². The second-order valence-electron chi connectivity index (χ2n) is 6.17. The van der Waals surface area contributed by atoms with Crippen LogP contribution < -0.4 is 10.5 Å². The molecule has 0 aromatic heterocycles. The second-order valence-corrected chi connectivity index (χ2v) is 6.17. The van der Waals surface area contributed by atoms with E-state index in [0.717, 1.165) is 37.2 Å². The molecular weight excluding hydrogens is 226 g/mol. The van der Waals surface area contributed by atoms with Gasteiger partial charge in [0, 0.05) is 30.9 Å². The molecule has 0 bridgehead atoms. The summed E-state index contributed by atoms with van der Waals surface area (Å²) >= 11 is 0. The van der Waals surface area contributed by atoms with Gasteiger partial charge in [0.05, 0.1) is 12.2 Å². The smallest absolute Gasteiger partial charge is 0.124 e. The molecule has 0 saturated carbocycles. The molecule has 3 rings (SSSR count). The number of hydrogen-bond acceptors (Lipinski definition) is 3. The Bertz CT molecular complexity index is 458. The van der Waals surface area contributed by atoms with Gasteiger partial charge in [0.1, 0.15) is 11.4 Å². The van der Waals surface area contributed by atoms with Crippen LogP contribution in [0.5, 0.6) is 5.75 Å². The van der Waals surface area contributed by atoms with Gasteiger partial charge < -0.3 is 15.2 Å². The van der Waals surface area contributed by atoms with Crippen LogP contribution in [0, 0.1) is 0 Å². The molecule has 98 valence electrons. The van der Waals surface area contributed by atoms with E-state index in [9.17, 15) is 0 Å². The lowest BCUT2D eigenvalue weighted by Crippen LogP contribution is -2.52. The van der Waals surface area contributed by atoms with E-state index >= 15 is 0 Å². The largest absolute Gasteiger partial charge is 0.487 e. The van der Waals surface area contributed by atoms with Crippen molar-refractivity contribution in [3.63, 3.8) is 0 Å². The minimum atomic E-state index is -0.143. The van der Waals surface area contributed by atoms with Crippen LogP contribution in [0.3, 0.4) is 0 Å². The van der Waals surface area contributed by atoms with Crippen molar-refractivity contribution in [1.29, 1.82) is 0 Å². The van der Waals surface area contributed by atoms with E-state index in [4.69, 9.17) is 15.2 Å². The van der Waals surface area contributed by atoms with E-state index in [1.165, 1.54) is 0 Å². The van der Waals surface area contributed by atoms with Crippen LogP contribution in [0.2, 0.25) is 0 Å². The molecule has 3 nitrogen and oxygen atoms in total. The van der Waals surface area contributed by atoms with Gasteiger partial charge in [0.25, 0.3) is 0 Å². The monoisotopic (exact) mass is 247 g/mol. The van der Waals surface area contributed by atoms with Gasteiger partial charge in [-0.05, 0) is 19.9 Å². The number of hydrogen-bond donors (Lipinski definition) is 1. The first-order valence-corrected chi connectivity index (χ1v) is 6.67. The summed E-state index contributed by atoms with van der Waals surface area (Å²) in [5.41, 5.74) is 7.19. The first kappa shape index (κ1) is 12.0. The first-order chi connectivity index (χ1) is 8.50. The third-order valence-electron chi connectivity index (χ3n) is 4.04. The van der Waals surface area contributed by atoms with Crippen molar-refractivity contribution in [2.75, 3.05) is 6.61 Å². The van der Waals surface area contributed by atoms with Crippen molar-refractivity contribution in [3.05, 3.63) is 29.8 Å². The normalized spacial score (nSPS) is 33.8. The Morgan fingerprint density at radius 2 is 2.06 bits per heavy atom. The molecule has 1 saturated heterocycles. The molecule has 2 unspecified atom stereocenters. The number of benzene rings is 1. The highest BCUT2D eigenvalue weighted by atomic mass is 16.5. The van der Waals surface area contributed by atoms with Gasteiger partial charge in [-0.3, -0.25) is 0 Å². The van der Waals surface area contributed by atoms with E-state index in [1.54, 1.807) is 0 Å². The summed E-state index contributed by atoms with van der Waals surface area (Å²) in [6.07, 6.45) is 2.72. The number of para-hydroxylation sites is 1. The number of ether oxygens (including phenoxy) is 2. The van der Waals surface area contributed by atoms with Crippen molar-refractivity contribution in [2.45, 2.75) is 50.4 Å². The van der Waals surface area contributed by atoms with Crippen LogP contribution in [0.25, 0.3) is 0 Å². The SMILES string of the molecule is CC1(C)CC2(CCO1)CC(N)c1ccccc1O2. The maximum absolute atomic E-state index is 6.32. The van der Waals surface area contributed by atoms with Gasteiger partial charge in [-0.15, -0.1) is 0 Å². The molecule has 1 aromatic rings. The zero-order chi connectivity index (χ0) is 12.8. The molecule has 3 heteroatoms. The number of nitrogens with two attached hydrogens (primary N) is 1. The van der Waals surface area contributed by atoms with Gasteiger partial charge >= 0.3 is 0 Å². The maximum atomic E-state index is 6.32. The molecule has 18 heavy (non-hydrogen) atoms. The van der Waals surface area contributed by atoms with E-state index in [1.807, 2.05) is 18.2 Å². The highest BCUT2D eigenvalue weighted by Gasteiger charge is 2.46. The number of rotatable bonds is 0. The Kier molecular flexibility index (Phi) is 2.65. The highest BCUT2D eigenvalue weighted by Crippen LogP contribution is 2.46. The van der Waals surface area contributed by atoms with Gasteiger partial charge in [-0.1, -0.05) is 18.2 Å². The van der Waals surface area contributed by atoms with Crippen molar-refractivity contribution >= 4 is 0 Å². The third-order valence-corrected chi connectivity index (χ3v) is 4.04. The minimum absolute atomic E-state index is 0.0730. The lowest BCUT2D eigenvalue weighted by molar-refractivity contribution is -0.141. The summed E-state index contributed by atoms with van der Waals surface area (Å²) in [7, 11) is 0. The van der Waals surface area contributed by atoms with Crippen LogP contribution in [0.15, 0.2) is 24.3 Å². The van der Waals surface area contributed by atoms with Gasteiger partial charge in [-0.2, -0.15) is 0 Å². The Hall–Kier alpha value is -1.06. The van der Waals surface area contributed by atoms with E-state index in [2.05, 4.69) is 19.9 Å². The molecular formula is C15H21NO2. The molecule has 2 aliphatic heterocycles. The second kappa shape index (κ2) is 3.97. The highest BCUT2D eigenvalue weighted by molar-refractivity contribution is 5.38. The molecule has 0 amide bonds. The molecule has 0 radical (unpaired) electrons. The average molecular weight is 247 g/mol. The summed E-state index contributed by atoms with van der Waals surface area (Å²) in [4.78, 5) is 0. The molecule has 1 fully saturated rings. The average Bonchev–Trinajstić information content (AvgIpc) is 2.27. The lowest BCUT2D eigenvalue weighted by Gasteiger charge is -2.48. The first-order valence-electron chi connectivity index (χ1n) is 6.67. The molecule has 2 atom stereocenters. The summed E-state index contributed by atoms with van der Waals surface area (Å²) in [5, 5.41) is 0. The van der Waals surface area contributed by atoms with Crippen LogP contribution in [-0.2, 0) is 4.74 Å². The Morgan fingerprint density at radius 1 is 1.28 bits per heavy atom. The van der Waals surface area contributed by atoms with Gasteiger partial charge in [-0.25, -0.2) is 0 Å². The topological polar surface area (TPSA) is 44.5 Å². The molecule has 1 spiro atoms. The fourth-order valence-electron chi connectivity index (χ4n) is 3.36. The third kappa shape index (κ3) is 2.02. The van der Waals surface area contributed by atoms with E-state index < -0.39 is 0 Å². The predicted molar refractivity (Wildman–Crippen MR) is 70.6 cm³/mol. The summed E-state index contributed by atoms with van der Waals surface area (Å²) < 4.78 is 12.1. The van der Waals surface area contributed by atoms with Gasteiger partial charge in [0.15, 0.2) is 0 Å². The lowest BCUT2D eigenvalue weighted by atomic mass is 9.77. The van der Waals surface area contributed by atoms with Crippen molar-refractivity contribution < 1.29 is 9.47 Å². The van der Waals surface area contributed by atoms with E-state index in [0.29, 0.717) is 0 Å². The van der Waals surface area contributed by atoms with Crippen LogP contribution >= 0.6 is 0 Å². The van der Waals surface area contributed by atoms with Crippen molar-refractivity contribution in [3.8, 4) is 5.75 Å². The molecule has 2 aliphatic rings. The van der Waals surface area contributed by atoms with Crippen LogP contribution in [-0.4, -0.2) is 17.8 Å². The summed E-state index contributed by atoms with van der Waals surface area (Å²) in [5.74, 6) is 0.953. The number of fused-ring (bicyclic) bond motifs is 1. The molecule has 0 aliphatic carbocycles. The van der Waals surface area contributed by atoms with Crippen molar-refractivity contribution in [1.82, 2.24) is 0 Å². The fourth-order valence-corrected chi connectivity index (χ4v) is 3.36. The van der Waals surface area contributed by atoms with Crippen molar-refractivity contribution in [2.24, 2.45) is 5.73 Å². The molecule has 2 heterocycles. The van der Waals surface area contributed by atoms with Crippen LogP contribution in [0.4, 0.5) is 0 Å². The minimum Gasteiger partial charge on any atom is -0.487 e. The van der Waals surface area contributed by atoms with Gasteiger partial charge in [0.2, 0.25) is 0 Å². The van der Waals surface area contributed by atoms with E-state index in [-0.39, 0.29) is 17.2 Å². The Morgan fingerprint density at radius 3 is 2.83 bits per heavy atom. The quantitative estimate of drug-likeness (QED) is 0.766. The standard InChI is InChI=1S/C15H21NO2/c1-14(2)10-15(7-8-17-14)9-12(16)11-5-3-4-6-13(11)18-15/h3-6,12H,7-10,16H2,1-2H3. The Labute approximate surface area is 108 Å². The predicted octanol–water partition coefficient (Wildman–Crippen LogP) is 2.80. The Balaban J connectivity index is 1.93. The zero-order valence-corrected chi connectivity index (χ0v) is 11.1.